The molecule has 22 heavy (non-hydrogen) atoms. The number of ether oxygens (including phenoxy) is 4. The van der Waals surface area contributed by atoms with E-state index in [0.717, 1.165) is 0 Å². The zero-order valence-corrected chi connectivity index (χ0v) is 12.5. The van der Waals surface area contributed by atoms with Crippen LogP contribution >= 0.6 is 0 Å². The van der Waals surface area contributed by atoms with Crippen molar-refractivity contribution in [1.82, 2.24) is 5.32 Å². The second-order valence-corrected chi connectivity index (χ2v) is 5.07. The van der Waals surface area contributed by atoms with Crippen molar-refractivity contribution in [3.05, 3.63) is 10.4 Å². The van der Waals surface area contributed by atoms with E-state index in [2.05, 4.69) is 15.3 Å². The fourth-order valence-electron chi connectivity index (χ4n) is 2.58. The Morgan fingerprint density at radius 1 is 1.36 bits per heavy atom. The highest BCUT2D eigenvalue weighted by Crippen LogP contribution is 2.31. The molecule has 10 nitrogen and oxygen atoms in total. The maximum atomic E-state index is 11.4. The molecule has 0 aromatic heterocycles. The first-order valence-electron chi connectivity index (χ1n) is 6.83. The number of carbonyl (C=O) groups is 2. The Hall–Kier alpha value is -1.87. The molecule has 1 N–H and O–H groups in total. The van der Waals surface area contributed by atoms with Crippen molar-refractivity contribution in [2.45, 2.75) is 57.6 Å². The smallest absolute Gasteiger partial charge is 0.303 e. The first-order valence-corrected chi connectivity index (χ1v) is 6.83. The highest BCUT2D eigenvalue weighted by atomic mass is 16.7. The normalized spacial score (nSPS) is 37.4. The lowest BCUT2D eigenvalue weighted by atomic mass is 9.95. The molecule has 0 spiro atoms. The number of nitrogens with one attached hydrogen (secondary N) is 1. The van der Waals surface area contributed by atoms with Crippen molar-refractivity contribution in [2.24, 2.45) is 5.11 Å². The van der Waals surface area contributed by atoms with Gasteiger partial charge in [0.15, 0.2) is 18.6 Å². The zero-order chi connectivity index (χ0) is 16.3. The van der Waals surface area contributed by atoms with Crippen LogP contribution in [0.25, 0.3) is 10.4 Å². The van der Waals surface area contributed by atoms with Crippen LogP contribution in [0.3, 0.4) is 0 Å². The summed E-state index contributed by atoms with van der Waals surface area (Å²) in [5, 5.41) is 6.12. The molecule has 2 rings (SSSR count). The number of nitrogens with zero attached hydrogens (tertiary/aromatic N) is 3. The fraction of sp³-hybridized carbons (Fsp3) is 0.833. The summed E-state index contributed by atoms with van der Waals surface area (Å²) in [4.78, 5) is 25.5. The molecule has 2 aliphatic rings. The largest absolute Gasteiger partial charge is 0.457 e. The van der Waals surface area contributed by atoms with Crippen LogP contribution in [0.5, 0.6) is 0 Å². The van der Waals surface area contributed by atoms with Crippen LogP contribution in [0.4, 0.5) is 0 Å². The molecule has 2 fully saturated rings. The third-order valence-electron chi connectivity index (χ3n) is 3.35. The number of rotatable bonds is 3. The number of esters is 1. The van der Waals surface area contributed by atoms with Gasteiger partial charge in [0.1, 0.15) is 18.2 Å². The van der Waals surface area contributed by atoms with Crippen molar-refractivity contribution in [1.29, 1.82) is 0 Å². The van der Waals surface area contributed by atoms with E-state index < -0.39 is 42.8 Å². The average Bonchev–Trinajstić information content (AvgIpc) is 2.42. The van der Waals surface area contributed by atoms with Gasteiger partial charge in [-0.1, -0.05) is 5.11 Å². The van der Waals surface area contributed by atoms with Crippen molar-refractivity contribution in [3.63, 3.8) is 0 Å². The molecule has 2 saturated heterocycles. The Kier molecular flexibility index (Phi) is 5.19. The van der Waals surface area contributed by atoms with E-state index in [4.69, 9.17) is 24.5 Å². The lowest BCUT2D eigenvalue weighted by Gasteiger charge is -2.47. The molecule has 2 aliphatic heterocycles. The van der Waals surface area contributed by atoms with Gasteiger partial charge in [0.2, 0.25) is 5.91 Å². The van der Waals surface area contributed by atoms with Gasteiger partial charge in [-0.3, -0.25) is 9.59 Å². The van der Waals surface area contributed by atoms with Crippen molar-refractivity contribution < 1.29 is 28.5 Å². The third kappa shape index (κ3) is 3.66. The number of hydrogen-bond donors (Lipinski definition) is 1. The van der Waals surface area contributed by atoms with E-state index in [1.54, 1.807) is 6.92 Å². The maximum absolute atomic E-state index is 11.4. The van der Waals surface area contributed by atoms with Gasteiger partial charge in [0.25, 0.3) is 0 Å². The molecule has 0 aromatic carbocycles. The van der Waals surface area contributed by atoms with Gasteiger partial charge >= 0.3 is 5.97 Å². The zero-order valence-electron chi connectivity index (χ0n) is 12.5. The molecule has 1 amide bonds. The number of azide groups is 1. The standard InChI is InChI=1S/C12H18N4O6/c1-5(17)14-9-11(20-6(2)18)10-8(4-19-7(3)21-10)22-12(9)15-16-13/h7-12H,4H2,1-3H3,(H,14,17)/t7?,8?,9?,10-,11-,12-/m1/s1. The van der Waals surface area contributed by atoms with E-state index in [9.17, 15) is 9.59 Å². The summed E-state index contributed by atoms with van der Waals surface area (Å²) < 4.78 is 21.9. The van der Waals surface area contributed by atoms with E-state index in [-0.39, 0.29) is 12.5 Å². The summed E-state index contributed by atoms with van der Waals surface area (Å²) in [6, 6.07) is -0.844. The molecule has 0 saturated carbocycles. The Bertz CT molecular complexity index is 494. The number of amides is 1. The Morgan fingerprint density at radius 2 is 2.09 bits per heavy atom. The summed E-state index contributed by atoms with van der Waals surface area (Å²) in [5.41, 5.74) is 8.67. The lowest BCUT2D eigenvalue weighted by Crippen LogP contribution is -2.67. The molecular formula is C12H18N4O6. The summed E-state index contributed by atoms with van der Waals surface area (Å²) in [5.74, 6) is -0.911. The SMILES string of the molecule is CC(=O)NC1[C@H](N=[N+]=[N-])OC2COC(C)O[C@H]2[C@@H]1OC(C)=O. The lowest BCUT2D eigenvalue weighted by molar-refractivity contribution is -0.307. The van der Waals surface area contributed by atoms with Gasteiger partial charge in [-0.2, -0.15) is 0 Å². The molecule has 0 bridgehead atoms. The van der Waals surface area contributed by atoms with E-state index in [1.807, 2.05) is 0 Å². The van der Waals surface area contributed by atoms with Gasteiger partial charge in [0, 0.05) is 18.8 Å². The molecule has 0 radical (unpaired) electrons. The van der Waals surface area contributed by atoms with Crippen LogP contribution in [-0.4, -0.2) is 55.4 Å². The second-order valence-electron chi connectivity index (χ2n) is 5.07. The Morgan fingerprint density at radius 3 is 2.68 bits per heavy atom. The molecule has 2 heterocycles. The molecule has 122 valence electrons. The van der Waals surface area contributed by atoms with Gasteiger partial charge in [0.05, 0.1) is 6.61 Å². The first kappa shape index (κ1) is 16.5. The second kappa shape index (κ2) is 6.93. The molecule has 6 atom stereocenters. The van der Waals surface area contributed by atoms with E-state index >= 15 is 0 Å². The van der Waals surface area contributed by atoms with E-state index in [1.165, 1.54) is 13.8 Å². The van der Waals surface area contributed by atoms with Gasteiger partial charge in [-0.05, 0) is 12.5 Å². The number of hydrogen-bond acceptors (Lipinski definition) is 7. The van der Waals surface area contributed by atoms with Crippen LogP contribution in [-0.2, 0) is 28.5 Å². The summed E-state index contributed by atoms with van der Waals surface area (Å²) >= 11 is 0. The Balaban J connectivity index is 2.31. The van der Waals surface area contributed by atoms with Crippen molar-refractivity contribution >= 4 is 11.9 Å². The van der Waals surface area contributed by atoms with Crippen LogP contribution in [0.15, 0.2) is 5.11 Å². The first-order chi connectivity index (χ1) is 10.4. The molecule has 10 heteroatoms. The van der Waals surface area contributed by atoms with Gasteiger partial charge < -0.3 is 24.3 Å². The maximum Gasteiger partial charge on any atom is 0.303 e. The fourth-order valence-corrected chi connectivity index (χ4v) is 2.58. The highest BCUT2D eigenvalue weighted by Gasteiger charge is 2.51. The van der Waals surface area contributed by atoms with Crippen molar-refractivity contribution in [2.75, 3.05) is 6.61 Å². The molecule has 0 aliphatic carbocycles. The van der Waals surface area contributed by atoms with Crippen LogP contribution in [0.1, 0.15) is 20.8 Å². The summed E-state index contributed by atoms with van der Waals surface area (Å²) in [6.45, 7) is 4.46. The monoisotopic (exact) mass is 314 g/mol. The quantitative estimate of drug-likeness (QED) is 0.343. The van der Waals surface area contributed by atoms with Crippen LogP contribution in [0.2, 0.25) is 0 Å². The van der Waals surface area contributed by atoms with Crippen LogP contribution < -0.4 is 5.32 Å². The van der Waals surface area contributed by atoms with Gasteiger partial charge in [-0.25, -0.2) is 0 Å². The average molecular weight is 314 g/mol. The third-order valence-corrected chi connectivity index (χ3v) is 3.35. The summed E-state index contributed by atoms with van der Waals surface area (Å²) in [6.07, 6.45) is -3.57. The Labute approximate surface area is 126 Å². The van der Waals surface area contributed by atoms with Crippen molar-refractivity contribution in [3.8, 4) is 0 Å². The summed E-state index contributed by atoms with van der Waals surface area (Å²) in [7, 11) is 0. The topological polar surface area (TPSA) is 132 Å². The van der Waals surface area contributed by atoms with E-state index in [0.29, 0.717) is 0 Å². The highest BCUT2D eigenvalue weighted by molar-refractivity contribution is 5.73. The molecule has 0 aromatic rings. The van der Waals surface area contributed by atoms with Crippen LogP contribution in [0, 0.1) is 0 Å². The molecular weight excluding hydrogens is 296 g/mol. The van der Waals surface area contributed by atoms with Gasteiger partial charge in [-0.15, -0.1) is 0 Å². The number of fused-ring (bicyclic) bond motifs is 1. The predicted octanol–water partition coefficient (Wildman–Crippen LogP) is 0.219. The minimum atomic E-state index is -1.03. The minimum absolute atomic E-state index is 0.202. The number of carbonyl (C=O) groups excluding carboxylic acids is 2. The molecule has 3 unspecified atom stereocenters. The predicted molar refractivity (Wildman–Crippen MR) is 71.3 cm³/mol. The minimum Gasteiger partial charge on any atom is -0.457 e.